The van der Waals surface area contributed by atoms with E-state index in [-0.39, 0.29) is 0 Å². The molecule has 0 spiro atoms. The average molecular weight is 186 g/mol. The van der Waals surface area contributed by atoms with Gasteiger partial charge in [0.25, 0.3) is 0 Å². The van der Waals surface area contributed by atoms with Crippen molar-refractivity contribution in [3.63, 3.8) is 0 Å². The molecular formula is C10H18OS. The van der Waals surface area contributed by atoms with Crippen molar-refractivity contribution in [3.8, 4) is 0 Å². The summed E-state index contributed by atoms with van der Waals surface area (Å²) in [5.74, 6) is 1.14. The van der Waals surface area contributed by atoms with Crippen molar-refractivity contribution in [3.05, 3.63) is 11.6 Å². The van der Waals surface area contributed by atoms with Gasteiger partial charge >= 0.3 is 0 Å². The number of rotatable bonds is 4. The average Bonchev–Trinajstić information content (AvgIpc) is 2.65. The summed E-state index contributed by atoms with van der Waals surface area (Å²) in [6.07, 6.45) is 4.10. The van der Waals surface area contributed by atoms with E-state index < -0.39 is 5.60 Å². The molecule has 1 aliphatic heterocycles. The van der Waals surface area contributed by atoms with E-state index in [9.17, 15) is 5.11 Å². The lowest BCUT2D eigenvalue weighted by Gasteiger charge is -2.20. The Morgan fingerprint density at radius 1 is 1.67 bits per heavy atom. The van der Waals surface area contributed by atoms with Crippen LogP contribution in [-0.4, -0.2) is 21.7 Å². The van der Waals surface area contributed by atoms with Gasteiger partial charge in [-0.1, -0.05) is 11.6 Å². The molecule has 2 atom stereocenters. The number of aliphatic hydroxyl groups is 1. The fourth-order valence-electron chi connectivity index (χ4n) is 1.22. The number of thioether (sulfide) groups is 1. The molecule has 0 unspecified atom stereocenters. The normalized spacial score (nSPS) is 26.2. The highest BCUT2D eigenvalue weighted by molar-refractivity contribution is 8.07. The molecule has 0 radical (unpaired) electrons. The van der Waals surface area contributed by atoms with Crippen LogP contribution in [0.15, 0.2) is 11.6 Å². The third-order valence-corrected chi connectivity index (χ3v) is 3.40. The Hall–Kier alpha value is 0.0500. The van der Waals surface area contributed by atoms with Gasteiger partial charge in [-0.05, 0) is 33.6 Å². The van der Waals surface area contributed by atoms with Gasteiger partial charge in [-0.25, -0.2) is 0 Å². The van der Waals surface area contributed by atoms with Gasteiger partial charge < -0.3 is 5.11 Å². The first kappa shape index (κ1) is 10.1. The topological polar surface area (TPSA) is 20.2 Å². The largest absolute Gasteiger partial charge is 0.389 e. The molecule has 0 bridgehead atoms. The molecule has 1 fully saturated rings. The molecule has 0 aromatic heterocycles. The van der Waals surface area contributed by atoms with Crippen LogP contribution in [0.5, 0.6) is 0 Å². The lowest BCUT2D eigenvalue weighted by atomic mass is 9.97. The predicted molar refractivity (Wildman–Crippen MR) is 55.5 cm³/mol. The first-order chi connectivity index (χ1) is 5.52. The standard InChI is InChI=1S/C10H18OS/c1-8(2)5-4-6-10(3,11)9-7-12-9/h5,9,11H,4,6-7H2,1-3H3/t9-,10+/m1/s1. The summed E-state index contributed by atoms with van der Waals surface area (Å²) in [5.41, 5.74) is 0.908. The molecule has 1 aliphatic rings. The molecule has 0 aromatic rings. The maximum atomic E-state index is 9.92. The summed E-state index contributed by atoms with van der Waals surface area (Å²) < 4.78 is 0. The van der Waals surface area contributed by atoms with E-state index in [1.807, 2.05) is 18.7 Å². The van der Waals surface area contributed by atoms with Crippen LogP contribution in [0.25, 0.3) is 0 Å². The number of hydrogen-bond donors (Lipinski definition) is 1. The van der Waals surface area contributed by atoms with E-state index in [0.29, 0.717) is 5.25 Å². The molecule has 1 heterocycles. The van der Waals surface area contributed by atoms with Crippen LogP contribution in [0.1, 0.15) is 33.6 Å². The summed E-state index contributed by atoms with van der Waals surface area (Å²) in [6, 6.07) is 0. The summed E-state index contributed by atoms with van der Waals surface area (Å²) >= 11 is 1.86. The van der Waals surface area contributed by atoms with Gasteiger partial charge in [0.1, 0.15) is 0 Å². The fourth-order valence-corrected chi connectivity index (χ4v) is 2.15. The molecule has 1 saturated heterocycles. The third-order valence-electron chi connectivity index (χ3n) is 2.23. The highest BCUT2D eigenvalue weighted by Gasteiger charge is 2.40. The molecule has 1 nitrogen and oxygen atoms in total. The molecule has 12 heavy (non-hydrogen) atoms. The van der Waals surface area contributed by atoms with Crippen molar-refractivity contribution in [2.24, 2.45) is 0 Å². The Bertz CT molecular complexity index is 176. The predicted octanol–water partition coefficient (Wildman–Crippen LogP) is 2.60. The van der Waals surface area contributed by atoms with Crippen LogP contribution in [0.3, 0.4) is 0 Å². The summed E-state index contributed by atoms with van der Waals surface area (Å²) in [4.78, 5) is 0. The van der Waals surface area contributed by atoms with E-state index >= 15 is 0 Å². The van der Waals surface area contributed by atoms with E-state index in [4.69, 9.17) is 0 Å². The Morgan fingerprint density at radius 3 is 2.67 bits per heavy atom. The maximum Gasteiger partial charge on any atom is 0.0748 e. The first-order valence-electron chi connectivity index (χ1n) is 4.50. The van der Waals surface area contributed by atoms with Crippen LogP contribution in [-0.2, 0) is 0 Å². The monoisotopic (exact) mass is 186 g/mol. The zero-order valence-corrected chi connectivity index (χ0v) is 8.95. The minimum Gasteiger partial charge on any atom is -0.389 e. The van der Waals surface area contributed by atoms with Gasteiger partial charge in [0.15, 0.2) is 0 Å². The van der Waals surface area contributed by atoms with Crippen molar-refractivity contribution in [1.82, 2.24) is 0 Å². The SMILES string of the molecule is CC(C)=CCC[C@](C)(O)[C@H]1CS1. The number of hydrogen-bond acceptors (Lipinski definition) is 2. The van der Waals surface area contributed by atoms with Crippen LogP contribution < -0.4 is 0 Å². The van der Waals surface area contributed by atoms with Crippen LogP contribution >= 0.6 is 11.8 Å². The van der Waals surface area contributed by atoms with Crippen molar-refractivity contribution in [1.29, 1.82) is 0 Å². The second-order valence-electron chi connectivity index (χ2n) is 4.00. The molecule has 1 N–H and O–H groups in total. The third kappa shape index (κ3) is 3.20. The van der Waals surface area contributed by atoms with Gasteiger partial charge in [-0.15, -0.1) is 0 Å². The molecule has 70 valence electrons. The van der Waals surface area contributed by atoms with Crippen molar-refractivity contribution >= 4 is 11.8 Å². The highest BCUT2D eigenvalue weighted by Crippen LogP contribution is 2.41. The second-order valence-corrected chi connectivity index (χ2v) is 5.23. The summed E-state index contributed by atoms with van der Waals surface area (Å²) in [7, 11) is 0. The minimum absolute atomic E-state index is 0.434. The Kier molecular flexibility index (Phi) is 3.24. The smallest absolute Gasteiger partial charge is 0.0748 e. The Balaban J connectivity index is 2.25. The summed E-state index contributed by atoms with van der Waals surface area (Å²) in [5, 5.41) is 10.4. The first-order valence-corrected chi connectivity index (χ1v) is 5.54. The van der Waals surface area contributed by atoms with Crippen molar-refractivity contribution < 1.29 is 5.11 Å². The van der Waals surface area contributed by atoms with E-state index in [1.54, 1.807) is 0 Å². The van der Waals surface area contributed by atoms with Crippen molar-refractivity contribution in [2.45, 2.75) is 44.5 Å². The number of allylic oxidation sites excluding steroid dienone is 2. The lowest BCUT2D eigenvalue weighted by molar-refractivity contribution is 0.0613. The maximum absolute atomic E-state index is 9.92. The zero-order valence-electron chi connectivity index (χ0n) is 8.13. The van der Waals surface area contributed by atoms with Gasteiger partial charge in [-0.3, -0.25) is 0 Å². The van der Waals surface area contributed by atoms with Gasteiger partial charge in [0.05, 0.1) is 5.60 Å². The van der Waals surface area contributed by atoms with E-state index in [0.717, 1.165) is 18.6 Å². The fraction of sp³-hybridized carbons (Fsp3) is 0.800. The second kappa shape index (κ2) is 3.84. The van der Waals surface area contributed by atoms with Gasteiger partial charge in [-0.2, -0.15) is 11.8 Å². The highest BCUT2D eigenvalue weighted by atomic mass is 32.2. The van der Waals surface area contributed by atoms with Crippen molar-refractivity contribution in [2.75, 3.05) is 5.75 Å². The quantitative estimate of drug-likeness (QED) is 0.538. The molecular weight excluding hydrogens is 168 g/mol. The van der Waals surface area contributed by atoms with Crippen LogP contribution in [0.2, 0.25) is 0 Å². The van der Waals surface area contributed by atoms with E-state index in [2.05, 4.69) is 19.9 Å². The molecule has 2 heteroatoms. The lowest BCUT2D eigenvalue weighted by Crippen LogP contribution is -2.29. The van der Waals surface area contributed by atoms with Gasteiger partial charge in [0, 0.05) is 11.0 Å². The summed E-state index contributed by atoms with van der Waals surface area (Å²) in [6.45, 7) is 6.15. The Morgan fingerprint density at radius 2 is 2.25 bits per heavy atom. The van der Waals surface area contributed by atoms with Gasteiger partial charge in [0.2, 0.25) is 0 Å². The minimum atomic E-state index is -0.434. The van der Waals surface area contributed by atoms with Crippen LogP contribution in [0, 0.1) is 0 Å². The molecule has 0 amide bonds. The molecule has 0 saturated carbocycles. The Labute approximate surface area is 79.2 Å². The molecule has 0 aliphatic carbocycles. The molecule has 0 aromatic carbocycles. The zero-order chi connectivity index (χ0) is 9.19. The van der Waals surface area contributed by atoms with E-state index in [1.165, 1.54) is 5.57 Å². The molecule has 1 rings (SSSR count). The van der Waals surface area contributed by atoms with Crippen LogP contribution in [0.4, 0.5) is 0 Å².